The number of nitrogens with zero attached hydrogens (tertiary/aromatic N) is 1. The van der Waals surface area contributed by atoms with E-state index in [4.69, 9.17) is 4.74 Å². The molecule has 2 N–H and O–H groups in total. The van der Waals surface area contributed by atoms with Gasteiger partial charge in [0, 0.05) is 36.6 Å². The Morgan fingerprint density at radius 2 is 1.73 bits per heavy atom. The van der Waals surface area contributed by atoms with E-state index in [1.165, 1.54) is 12.1 Å². The van der Waals surface area contributed by atoms with Gasteiger partial charge >= 0.3 is 0 Å². The highest BCUT2D eigenvalue weighted by atomic mass is 19.1. The topological polar surface area (TPSA) is 70.7 Å². The second-order valence-corrected chi connectivity index (χ2v) is 7.92. The third kappa shape index (κ3) is 5.49. The number of benzene rings is 3. The Labute approximate surface area is 192 Å². The number of amides is 2. The predicted octanol–water partition coefficient (Wildman–Crippen LogP) is 4.62. The molecule has 1 saturated heterocycles. The van der Waals surface area contributed by atoms with Crippen molar-refractivity contribution < 1.29 is 18.7 Å². The summed E-state index contributed by atoms with van der Waals surface area (Å²) in [6.45, 7) is 2.04. The number of hydrogen-bond donors (Lipinski definition) is 2. The van der Waals surface area contributed by atoms with Crippen molar-refractivity contribution in [3.05, 3.63) is 89.2 Å². The Kier molecular flexibility index (Phi) is 6.88. The number of halogens is 1. The Morgan fingerprint density at radius 1 is 0.970 bits per heavy atom. The second-order valence-electron chi connectivity index (χ2n) is 7.92. The van der Waals surface area contributed by atoms with Gasteiger partial charge in [-0.1, -0.05) is 18.2 Å². The molecule has 3 aromatic carbocycles. The summed E-state index contributed by atoms with van der Waals surface area (Å²) in [6, 6.07) is 18.3. The fourth-order valence-corrected chi connectivity index (χ4v) is 3.88. The van der Waals surface area contributed by atoms with Crippen LogP contribution in [0.5, 0.6) is 5.75 Å². The zero-order chi connectivity index (χ0) is 23.2. The number of anilines is 2. The van der Waals surface area contributed by atoms with Crippen molar-refractivity contribution in [2.45, 2.75) is 19.4 Å². The van der Waals surface area contributed by atoms with E-state index in [9.17, 15) is 14.0 Å². The van der Waals surface area contributed by atoms with E-state index < -0.39 is 0 Å². The van der Waals surface area contributed by atoms with Crippen LogP contribution in [-0.4, -0.2) is 32.0 Å². The zero-order valence-electron chi connectivity index (χ0n) is 18.4. The van der Waals surface area contributed by atoms with E-state index in [1.54, 1.807) is 49.6 Å². The quantitative estimate of drug-likeness (QED) is 0.555. The first-order chi connectivity index (χ1) is 16.0. The van der Waals surface area contributed by atoms with Crippen LogP contribution in [0.15, 0.2) is 66.7 Å². The molecule has 0 aliphatic carbocycles. The SMILES string of the molecule is COc1cccc(C(=O)Nc2ccc(N3CCCC3)c(C(=O)NCc3ccc(F)cc3)c2)c1. The van der Waals surface area contributed by atoms with Gasteiger partial charge < -0.3 is 20.3 Å². The molecule has 1 aliphatic heterocycles. The van der Waals surface area contributed by atoms with Crippen LogP contribution in [0.25, 0.3) is 0 Å². The minimum Gasteiger partial charge on any atom is -0.497 e. The molecule has 0 unspecified atom stereocenters. The minimum absolute atomic E-state index is 0.251. The molecule has 0 radical (unpaired) electrons. The number of methoxy groups -OCH3 is 1. The third-order valence-corrected chi connectivity index (χ3v) is 5.64. The smallest absolute Gasteiger partial charge is 0.255 e. The molecule has 1 heterocycles. The van der Waals surface area contributed by atoms with Crippen LogP contribution >= 0.6 is 0 Å². The first-order valence-corrected chi connectivity index (χ1v) is 10.9. The molecule has 170 valence electrons. The summed E-state index contributed by atoms with van der Waals surface area (Å²) < 4.78 is 18.3. The van der Waals surface area contributed by atoms with Crippen LogP contribution in [-0.2, 0) is 6.54 Å². The largest absolute Gasteiger partial charge is 0.497 e. The lowest BCUT2D eigenvalue weighted by molar-refractivity contribution is 0.0950. The Balaban J connectivity index is 1.55. The highest BCUT2D eigenvalue weighted by molar-refractivity contribution is 6.06. The van der Waals surface area contributed by atoms with Crippen LogP contribution < -0.4 is 20.3 Å². The number of carbonyl (C=O) groups excluding carboxylic acids is 2. The maximum atomic E-state index is 13.2. The molecule has 0 bridgehead atoms. The monoisotopic (exact) mass is 447 g/mol. The number of carbonyl (C=O) groups is 2. The van der Waals surface area contributed by atoms with Crippen LogP contribution in [0.1, 0.15) is 39.1 Å². The van der Waals surface area contributed by atoms with Gasteiger partial charge in [0.05, 0.1) is 12.7 Å². The first-order valence-electron chi connectivity index (χ1n) is 10.9. The highest BCUT2D eigenvalue weighted by Gasteiger charge is 2.21. The summed E-state index contributed by atoms with van der Waals surface area (Å²) in [5.74, 6) is -0.270. The average Bonchev–Trinajstić information content (AvgIpc) is 3.38. The molecule has 4 rings (SSSR count). The second kappa shape index (κ2) is 10.2. The fraction of sp³-hybridized carbons (Fsp3) is 0.231. The van der Waals surface area contributed by atoms with E-state index in [-0.39, 0.29) is 24.2 Å². The van der Waals surface area contributed by atoms with E-state index in [0.717, 1.165) is 37.2 Å². The fourth-order valence-electron chi connectivity index (χ4n) is 3.88. The molecule has 1 fully saturated rings. The Bertz CT molecular complexity index is 1140. The van der Waals surface area contributed by atoms with E-state index in [1.807, 2.05) is 12.1 Å². The van der Waals surface area contributed by atoms with Crippen molar-refractivity contribution >= 4 is 23.2 Å². The molecule has 33 heavy (non-hydrogen) atoms. The van der Waals surface area contributed by atoms with Crippen molar-refractivity contribution in [3.8, 4) is 5.75 Å². The van der Waals surface area contributed by atoms with Crippen molar-refractivity contribution in [3.63, 3.8) is 0 Å². The van der Waals surface area contributed by atoms with Crippen molar-refractivity contribution in [2.24, 2.45) is 0 Å². The average molecular weight is 448 g/mol. The maximum Gasteiger partial charge on any atom is 0.255 e. The van der Waals surface area contributed by atoms with Crippen LogP contribution in [0.3, 0.4) is 0 Å². The summed E-state index contributed by atoms with van der Waals surface area (Å²) in [5.41, 5.74) is 3.11. The van der Waals surface area contributed by atoms with Gasteiger partial charge in [-0.05, 0) is 66.9 Å². The lowest BCUT2D eigenvalue weighted by atomic mass is 10.1. The van der Waals surface area contributed by atoms with Gasteiger partial charge in [-0.2, -0.15) is 0 Å². The van der Waals surface area contributed by atoms with Gasteiger partial charge in [0.25, 0.3) is 11.8 Å². The molecule has 6 nitrogen and oxygen atoms in total. The Hall–Kier alpha value is -3.87. The standard InChI is InChI=1S/C26H26FN3O3/c1-33-22-6-4-5-19(15-22)25(31)29-21-11-12-24(30-13-2-3-14-30)23(16-21)26(32)28-17-18-7-9-20(27)10-8-18/h4-12,15-16H,2-3,13-14,17H2,1H3,(H,28,32)(H,29,31). The van der Waals surface area contributed by atoms with Gasteiger partial charge in [0.15, 0.2) is 0 Å². The van der Waals surface area contributed by atoms with Gasteiger partial charge in [-0.25, -0.2) is 4.39 Å². The summed E-state index contributed by atoms with van der Waals surface area (Å²) >= 11 is 0. The van der Waals surface area contributed by atoms with E-state index in [0.29, 0.717) is 22.6 Å². The molecule has 7 heteroatoms. The number of nitrogens with one attached hydrogen (secondary N) is 2. The van der Waals surface area contributed by atoms with Crippen molar-refractivity contribution in [1.29, 1.82) is 0 Å². The molecule has 2 amide bonds. The third-order valence-electron chi connectivity index (χ3n) is 5.64. The highest BCUT2D eigenvalue weighted by Crippen LogP contribution is 2.28. The molecule has 1 aliphatic rings. The van der Waals surface area contributed by atoms with Crippen LogP contribution in [0.2, 0.25) is 0 Å². The summed E-state index contributed by atoms with van der Waals surface area (Å²) in [7, 11) is 1.55. The van der Waals surface area contributed by atoms with Gasteiger partial charge in [0.2, 0.25) is 0 Å². The molecule has 0 aromatic heterocycles. The molecular formula is C26H26FN3O3. The first kappa shape index (κ1) is 22.3. The van der Waals surface area contributed by atoms with Crippen molar-refractivity contribution in [2.75, 3.05) is 30.4 Å². The number of ether oxygens (including phenoxy) is 1. The molecule has 0 spiro atoms. The molecule has 0 atom stereocenters. The van der Waals surface area contributed by atoms with Crippen LogP contribution in [0, 0.1) is 5.82 Å². The number of rotatable bonds is 7. The predicted molar refractivity (Wildman–Crippen MR) is 126 cm³/mol. The maximum absolute atomic E-state index is 13.2. The summed E-state index contributed by atoms with van der Waals surface area (Å²) in [5, 5.41) is 5.78. The van der Waals surface area contributed by atoms with E-state index in [2.05, 4.69) is 15.5 Å². The van der Waals surface area contributed by atoms with Gasteiger partial charge in [-0.3, -0.25) is 9.59 Å². The Morgan fingerprint density at radius 3 is 2.45 bits per heavy atom. The van der Waals surface area contributed by atoms with Crippen LogP contribution in [0.4, 0.5) is 15.8 Å². The molecule has 3 aromatic rings. The lowest BCUT2D eigenvalue weighted by Gasteiger charge is -2.22. The zero-order valence-corrected chi connectivity index (χ0v) is 18.4. The molecular weight excluding hydrogens is 421 g/mol. The summed E-state index contributed by atoms with van der Waals surface area (Å²) in [6.07, 6.45) is 2.15. The van der Waals surface area contributed by atoms with Crippen molar-refractivity contribution in [1.82, 2.24) is 5.32 Å². The van der Waals surface area contributed by atoms with E-state index >= 15 is 0 Å². The summed E-state index contributed by atoms with van der Waals surface area (Å²) in [4.78, 5) is 28.0. The lowest BCUT2D eigenvalue weighted by Crippen LogP contribution is -2.27. The van der Waals surface area contributed by atoms with Gasteiger partial charge in [-0.15, -0.1) is 0 Å². The number of hydrogen-bond acceptors (Lipinski definition) is 4. The van der Waals surface area contributed by atoms with Gasteiger partial charge in [0.1, 0.15) is 11.6 Å². The normalized spacial score (nSPS) is 13.0. The molecule has 0 saturated carbocycles. The minimum atomic E-state index is -0.319.